The quantitative estimate of drug-likeness (QED) is 0.203. The zero-order valence-electron chi connectivity index (χ0n) is 6.27. The largest absolute Gasteiger partial charge is 1.00 e. The van der Waals surface area contributed by atoms with Gasteiger partial charge in [-0.25, -0.2) is 8.42 Å². The molecule has 0 heterocycles. The third-order valence-corrected chi connectivity index (χ3v) is 0.850. The standard InChI is InChI=1S/CHF3O3S.2Li.H/c2-1(3,4)8(5,6)7;;;/h(H,5,6,7);;;/q;2*+1;-1/p-1. The number of halogens is 3. The molecular weight excluding hydrogens is 163 g/mol. The van der Waals surface area contributed by atoms with Crippen molar-refractivity contribution in [3.8, 4) is 0 Å². The normalized spacial score (nSPS) is 11.2. The van der Waals surface area contributed by atoms with Gasteiger partial charge in [0.05, 0.1) is 0 Å². The zero-order valence-corrected chi connectivity index (χ0v) is 6.08. The molecule has 9 heteroatoms. The molecule has 0 amide bonds. The monoisotopic (exact) mass is 164 g/mol. The van der Waals surface area contributed by atoms with Crippen LogP contribution in [0.5, 0.6) is 0 Å². The summed E-state index contributed by atoms with van der Waals surface area (Å²) >= 11 is 0. The predicted molar refractivity (Wildman–Crippen MR) is 16.9 cm³/mol. The molecule has 0 fully saturated rings. The summed E-state index contributed by atoms with van der Waals surface area (Å²) in [6, 6.07) is 0. The Morgan fingerprint density at radius 3 is 1.30 bits per heavy atom. The van der Waals surface area contributed by atoms with E-state index in [1.165, 1.54) is 0 Å². The Hall–Kier alpha value is 0.895. The maximum atomic E-state index is 10.7. The second kappa shape index (κ2) is 4.71. The molecule has 3 nitrogen and oxygen atoms in total. The van der Waals surface area contributed by atoms with Crippen LogP contribution in [0.15, 0.2) is 0 Å². The summed E-state index contributed by atoms with van der Waals surface area (Å²) in [7, 11) is -6.09. The fourth-order valence-electron chi connectivity index (χ4n) is 0. The molecule has 0 atom stereocenters. The van der Waals surface area contributed by atoms with E-state index in [0.717, 1.165) is 0 Å². The zero-order chi connectivity index (χ0) is 7.00. The molecule has 52 valence electrons. The van der Waals surface area contributed by atoms with Gasteiger partial charge in [-0.2, -0.15) is 13.2 Å². The van der Waals surface area contributed by atoms with Crippen molar-refractivity contribution in [3.05, 3.63) is 0 Å². The first kappa shape index (κ1) is 17.1. The first-order chi connectivity index (χ1) is 3.25. The van der Waals surface area contributed by atoms with E-state index in [1.807, 2.05) is 0 Å². The molecule has 0 aromatic rings. The molecule has 0 aliphatic rings. The average molecular weight is 164 g/mol. The first-order valence-electron chi connectivity index (χ1n) is 1.27. The van der Waals surface area contributed by atoms with Gasteiger partial charge in [0.1, 0.15) is 0 Å². The van der Waals surface area contributed by atoms with Crippen LogP contribution in [0.4, 0.5) is 13.2 Å². The fraction of sp³-hybridized carbons (Fsp3) is 1.00. The van der Waals surface area contributed by atoms with Crippen LogP contribution < -0.4 is 37.7 Å². The molecule has 0 aliphatic carbocycles. The van der Waals surface area contributed by atoms with Gasteiger partial charge in [0.15, 0.2) is 10.1 Å². The summed E-state index contributed by atoms with van der Waals surface area (Å²) in [5.74, 6) is 0. The molecule has 0 aromatic carbocycles. The van der Waals surface area contributed by atoms with Crippen LogP contribution in [0, 0.1) is 0 Å². The molecule has 0 saturated carbocycles. The van der Waals surface area contributed by atoms with E-state index in [-0.39, 0.29) is 39.1 Å². The molecule has 0 rings (SSSR count). The van der Waals surface area contributed by atoms with Gasteiger partial charge in [-0.05, 0) is 0 Å². The minimum Gasteiger partial charge on any atom is -1.00 e. The van der Waals surface area contributed by atoms with Crippen LogP contribution in [0.25, 0.3) is 0 Å². The van der Waals surface area contributed by atoms with Crippen molar-refractivity contribution in [1.82, 2.24) is 0 Å². The molecule has 0 aromatic heterocycles. The minimum absolute atomic E-state index is 0. The van der Waals surface area contributed by atoms with Gasteiger partial charge < -0.3 is 5.98 Å². The predicted octanol–water partition coefficient (Wildman–Crippen LogP) is -5.83. The van der Waals surface area contributed by atoms with Gasteiger partial charge in [-0.1, -0.05) is 0 Å². The van der Waals surface area contributed by atoms with Crippen LogP contribution in [0.1, 0.15) is 1.43 Å². The SMILES string of the molecule is O=S(=O)([O-])C(F)(F)F.[H-].[Li+].[Li+]. The smallest absolute Gasteiger partial charge is 1.00 e. The molecule has 0 bridgehead atoms. The van der Waals surface area contributed by atoms with Crippen molar-refractivity contribution < 1.29 is 65.3 Å². The van der Waals surface area contributed by atoms with Crippen LogP contribution in [-0.4, -0.2) is 18.5 Å². The van der Waals surface area contributed by atoms with E-state index in [4.69, 9.17) is 13.0 Å². The number of alkyl halides is 3. The van der Waals surface area contributed by atoms with Crippen molar-refractivity contribution in [1.29, 1.82) is 0 Å². The third kappa shape index (κ3) is 5.66. The van der Waals surface area contributed by atoms with Crippen LogP contribution in [0.3, 0.4) is 0 Å². The molecule has 0 aliphatic heterocycles. The van der Waals surface area contributed by atoms with Gasteiger partial charge in [-0.3, -0.25) is 0 Å². The maximum Gasteiger partial charge on any atom is 1.00 e. The minimum atomic E-state index is -6.09. The van der Waals surface area contributed by atoms with Gasteiger partial charge in [0.25, 0.3) is 0 Å². The Bertz CT molecular complexity index is 176. The summed E-state index contributed by atoms with van der Waals surface area (Å²) in [6.45, 7) is 0. The Balaban J connectivity index is -0.0000000817. The van der Waals surface area contributed by atoms with Crippen molar-refractivity contribution in [2.75, 3.05) is 0 Å². The number of hydrogen-bond acceptors (Lipinski definition) is 3. The van der Waals surface area contributed by atoms with Gasteiger partial charge >= 0.3 is 43.2 Å². The summed E-state index contributed by atoms with van der Waals surface area (Å²) < 4.78 is 58.9. The average Bonchev–Trinajstić information content (AvgIpc) is 1.25. The summed E-state index contributed by atoms with van der Waals surface area (Å²) in [4.78, 5) is 0. The van der Waals surface area contributed by atoms with Crippen LogP contribution in [0.2, 0.25) is 0 Å². The molecule has 0 N–H and O–H groups in total. The summed E-state index contributed by atoms with van der Waals surface area (Å²) in [5, 5.41) is 0. The first-order valence-corrected chi connectivity index (χ1v) is 2.68. The second-order valence-electron chi connectivity index (χ2n) is 0.900. The third-order valence-electron chi connectivity index (χ3n) is 0.283. The number of hydrogen-bond donors (Lipinski definition) is 0. The molecule has 0 spiro atoms. The van der Waals surface area contributed by atoms with E-state index in [9.17, 15) is 13.2 Å². The van der Waals surface area contributed by atoms with Crippen molar-refractivity contribution >= 4 is 10.1 Å². The molecule has 0 radical (unpaired) electrons. The second-order valence-corrected chi connectivity index (χ2v) is 2.27. The van der Waals surface area contributed by atoms with Crippen LogP contribution >= 0.6 is 0 Å². The van der Waals surface area contributed by atoms with Crippen molar-refractivity contribution in [2.24, 2.45) is 0 Å². The van der Waals surface area contributed by atoms with Crippen LogP contribution in [-0.2, 0) is 10.1 Å². The van der Waals surface area contributed by atoms with Gasteiger partial charge in [0, 0.05) is 0 Å². The summed E-state index contributed by atoms with van der Waals surface area (Å²) in [6.07, 6.45) is 0. The van der Waals surface area contributed by atoms with Crippen molar-refractivity contribution in [3.63, 3.8) is 0 Å². The Morgan fingerprint density at radius 2 is 1.30 bits per heavy atom. The van der Waals surface area contributed by atoms with E-state index in [2.05, 4.69) is 0 Å². The maximum absolute atomic E-state index is 10.7. The Morgan fingerprint density at radius 1 is 1.20 bits per heavy atom. The van der Waals surface area contributed by atoms with E-state index in [0.29, 0.717) is 0 Å². The fourth-order valence-corrected chi connectivity index (χ4v) is 0. The summed E-state index contributed by atoms with van der Waals surface area (Å²) in [5.41, 5.74) is -5.65. The van der Waals surface area contributed by atoms with Crippen molar-refractivity contribution in [2.45, 2.75) is 5.51 Å². The Kier molecular flexibility index (Phi) is 8.06. The van der Waals surface area contributed by atoms with E-state index in [1.54, 1.807) is 0 Å². The molecule has 0 unspecified atom stereocenters. The van der Waals surface area contributed by atoms with Gasteiger partial charge in [0.2, 0.25) is 0 Å². The number of rotatable bonds is 0. The van der Waals surface area contributed by atoms with Gasteiger partial charge in [-0.15, -0.1) is 0 Å². The van der Waals surface area contributed by atoms with E-state index >= 15 is 0 Å². The molecule has 10 heavy (non-hydrogen) atoms. The van der Waals surface area contributed by atoms with E-state index < -0.39 is 15.6 Å². The molecular formula is CHF3Li2O3S. The molecule has 0 saturated heterocycles. The topological polar surface area (TPSA) is 57.2 Å². The Labute approximate surface area is 80.9 Å².